The summed E-state index contributed by atoms with van der Waals surface area (Å²) in [5, 5.41) is 0. The first kappa shape index (κ1) is 13.3. The van der Waals surface area contributed by atoms with Crippen LogP contribution in [-0.4, -0.2) is 13.2 Å². The van der Waals surface area contributed by atoms with Gasteiger partial charge in [0.2, 0.25) is 0 Å². The van der Waals surface area contributed by atoms with Crippen molar-refractivity contribution in [3.05, 3.63) is 53.6 Å². The van der Waals surface area contributed by atoms with Gasteiger partial charge in [0.15, 0.2) is 0 Å². The number of nitrogen functional groups attached to an aromatic ring is 1. The molecule has 0 radical (unpaired) electrons. The molecule has 3 nitrogen and oxygen atoms in total. The molecule has 2 N–H and O–H groups in total. The van der Waals surface area contributed by atoms with Crippen LogP contribution < -0.4 is 15.2 Å². The van der Waals surface area contributed by atoms with E-state index in [1.807, 2.05) is 56.3 Å². The van der Waals surface area contributed by atoms with Crippen molar-refractivity contribution in [3.8, 4) is 11.5 Å². The Morgan fingerprint density at radius 3 is 2.37 bits per heavy atom. The van der Waals surface area contributed by atoms with Crippen LogP contribution in [0.3, 0.4) is 0 Å². The van der Waals surface area contributed by atoms with Crippen molar-refractivity contribution in [3.63, 3.8) is 0 Å². The zero-order chi connectivity index (χ0) is 13.7. The standard InChI is InChI=1S/C16H19NO2/c1-12-4-3-5-14(10-12)18-8-9-19-16-7-6-13(2)11-15(16)17/h3-7,10-11H,8-9,17H2,1-2H3. The summed E-state index contributed by atoms with van der Waals surface area (Å²) in [5.74, 6) is 1.57. The summed E-state index contributed by atoms with van der Waals surface area (Å²) in [6, 6.07) is 13.7. The second-order valence-corrected chi connectivity index (χ2v) is 4.55. The lowest BCUT2D eigenvalue weighted by molar-refractivity contribution is 0.218. The molecule has 2 rings (SSSR count). The number of aryl methyl sites for hydroxylation is 2. The molecular formula is C16H19NO2. The van der Waals surface area contributed by atoms with Gasteiger partial charge in [-0.3, -0.25) is 0 Å². The Labute approximate surface area is 114 Å². The minimum atomic E-state index is 0.473. The molecule has 2 aromatic rings. The van der Waals surface area contributed by atoms with Crippen molar-refractivity contribution in [1.82, 2.24) is 0 Å². The number of benzene rings is 2. The molecule has 0 fully saturated rings. The zero-order valence-electron chi connectivity index (χ0n) is 11.3. The van der Waals surface area contributed by atoms with Crippen molar-refractivity contribution in [2.45, 2.75) is 13.8 Å². The molecule has 0 heterocycles. The fourth-order valence-corrected chi connectivity index (χ4v) is 1.82. The Morgan fingerprint density at radius 2 is 1.63 bits per heavy atom. The first-order valence-corrected chi connectivity index (χ1v) is 6.33. The van der Waals surface area contributed by atoms with E-state index in [2.05, 4.69) is 0 Å². The summed E-state index contributed by atoms with van der Waals surface area (Å²) in [6.07, 6.45) is 0. The Morgan fingerprint density at radius 1 is 0.895 bits per heavy atom. The smallest absolute Gasteiger partial charge is 0.142 e. The summed E-state index contributed by atoms with van der Waals surface area (Å²) in [4.78, 5) is 0. The third-order valence-corrected chi connectivity index (χ3v) is 2.76. The lowest BCUT2D eigenvalue weighted by Gasteiger charge is -2.10. The van der Waals surface area contributed by atoms with Gasteiger partial charge in [-0.2, -0.15) is 0 Å². The predicted molar refractivity (Wildman–Crippen MR) is 77.8 cm³/mol. The van der Waals surface area contributed by atoms with E-state index in [4.69, 9.17) is 15.2 Å². The lowest BCUT2D eigenvalue weighted by Crippen LogP contribution is -2.10. The Hall–Kier alpha value is -2.16. The highest BCUT2D eigenvalue weighted by Crippen LogP contribution is 2.22. The Kier molecular flexibility index (Phi) is 4.29. The molecule has 100 valence electrons. The van der Waals surface area contributed by atoms with Crippen molar-refractivity contribution >= 4 is 5.69 Å². The van der Waals surface area contributed by atoms with Crippen molar-refractivity contribution in [1.29, 1.82) is 0 Å². The molecule has 0 bridgehead atoms. The number of nitrogens with two attached hydrogens (primary N) is 1. The topological polar surface area (TPSA) is 44.5 Å². The maximum atomic E-state index is 5.87. The highest BCUT2D eigenvalue weighted by atomic mass is 16.5. The van der Waals surface area contributed by atoms with Gasteiger partial charge in [0.05, 0.1) is 5.69 Å². The molecular weight excluding hydrogens is 238 g/mol. The third kappa shape index (κ3) is 3.91. The van der Waals surface area contributed by atoms with Gasteiger partial charge in [-0.25, -0.2) is 0 Å². The summed E-state index contributed by atoms with van der Waals surface area (Å²) < 4.78 is 11.2. The van der Waals surface area contributed by atoms with Gasteiger partial charge in [0.1, 0.15) is 24.7 Å². The molecule has 3 heteroatoms. The normalized spacial score (nSPS) is 10.2. The van der Waals surface area contributed by atoms with Crippen LogP contribution in [0.5, 0.6) is 11.5 Å². The first-order chi connectivity index (χ1) is 9.15. The molecule has 19 heavy (non-hydrogen) atoms. The van der Waals surface area contributed by atoms with E-state index in [9.17, 15) is 0 Å². The van der Waals surface area contributed by atoms with Gasteiger partial charge in [-0.15, -0.1) is 0 Å². The molecule has 2 aromatic carbocycles. The highest BCUT2D eigenvalue weighted by Gasteiger charge is 2.00. The van der Waals surface area contributed by atoms with Crippen LogP contribution in [0, 0.1) is 13.8 Å². The van der Waals surface area contributed by atoms with E-state index in [0.717, 1.165) is 11.3 Å². The highest BCUT2D eigenvalue weighted by molar-refractivity contribution is 5.53. The van der Waals surface area contributed by atoms with Crippen LogP contribution in [0.2, 0.25) is 0 Å². The summed E-state index contributed by atoms with van der Waals surface area (Å²) >= 11 is 0. The number of ether oxygens (including phenoxy) is 2. The largest absolute Gasteiger partial charge is 0.490 e. The van der Waals surface area contributed by atoms with Gasteiger partial charge >= 0.3 is 0 Å². The molecule has 0 amide bonds. The van der Waals surface area contributed by atoms with Gasteiger partial charge in [-0.1, -0.05) is 18.2 Å². The minimum absolute atomic E-state index is 0.473. The molecule has 0 atom stereocenters. The van der Waals surface area contributed by atoms with E-state index >= 15 is 0 Å². The molecule has 0 aliphatic rings. The molecule has 0 aliphatic heterocycles. The summed E-state index contributed by atoms with van der Waals surface area (Å²) in [7, 11) is 0. The van der Waals surface area contributed by atoms with E-state index < -0.39 is 0 Å². The van der Waals surface area contributed by atoms with Crippen molar-refractivity contribution in [2.75, 3.05) is 18.9 Å². The van der Waals surface area contributed by atoms with E-state index in [1.54, 1.807) is 0 Å². The molecule has 0 saturated carbocycles. The molecule has 0 unspecified atom stereocenters. The van der Waals surface area contributed by atoms with Gasteiger partial charge in [0, 0.05) is 0 Å². The Balaban J connectivity index is 1.81. The van der Waals surface area contributed by atoms with Crippen LogP contribution in [0.15, 0.2) is 42.5 Å². The third-order valence-electron chi connectivity index (χ3n) is 2.76. The van der Waals surface area contributed by atoms with Crippen LogP contribution in [0.1, 0.15) is 11.1 Å². The Bertz CT molecular complexity index is 552. The lowest BCUT2D eigenvalue weighted by atomic mass is 10.2. The second-order valence-electron chi connectivity index (χ2n) is 4.55. The number of hydrogen-bond acceptors (Lipinski definition) is 3. The zero-order valence-corrected chi connectivity index (χ0v) is 11.3. The molecule has 0 aromatic heterocycles. The van der Waals surface area contributed by atoms with E-state index in [0.29, 0.717) is 24.7 Å². The summed E-state index contributed by atoms with van der Waals surface area (Å²) in [6.45, 7) is 5.01. The van der Waals surface area contributed by atoms with Crippen LogP contribution >= 0.6 is 0 Å². The van der Waals surface area contributed by atoms with Crippen LogP contribution in [0.4, 0.5) is 5.69 Å². The maximum absolute atomic E-state index is 5.87. The molecule has 0 saturated heterocycles. The maximum Gasteiger partial charge on any atom is 0.142 e. The summed E-state index contributed by atoms with van der Waals surface area (Å²) in [5.41, 5.74) is 8.84. The van der Waals surface area contributed by atoms with Gasteiger partial charge in [0.25, 0.3) is 0 Å². The molecule has 0 aliphatic carbocycles. The SMILES string of the molecule is Cc1cccc(OCCOc2ccc(C)cc2N)c1. The van der Waals surface area contributed by atoms with Crippen molar-refractivity contribution in [2.24, 2.45) is 0 Å². The second kappa shape index (κ2) is 6.14. The number of rotatable bonds is 5. The van der Waals surface area contributed by atoms with Crippen LogP contribution in [0.25, 0.3) is 0 Å². The first-order valence-electron chi connectivity index (χ1n) is 6.33. The van der Waals surface area contributed by atoms with Gasteiger partial charge < -0.3 is 15.2 Å². The number of hydrogen-bond donors (Lipinski definition) is 1. The average Bonchev–Trinajstić information content (AvgIpc) is 2.37. The average molecular weight is 257 g/mol. The minimum Gasteiger partial charge on any atom is -0.490 e. The fourth-order valence-electron chi connectivity index (χ4n) is 1.82. The van der Waals surface area contributed by atoms with Crippen molar-refractivity contribution < 1.29 is 9.47 Å². The van der Waals surface area contributed by atoms with Gasteiger partial charge in [-0.05, 0) is 49.2 Å². The van der Waals surface area contributed by atoms with Crippen LogP contribution in [-0.2, 0) is 0 Å². The van der Waals surface area contributed by atoms with E-state index in [1.165, 1.54) is 5.56 Å². The van der Waals surface area contributed by atoms with E-state index in [-0.39, 0.29) is 0 Å². The number of anilines is 1. The predicted octanol–water partition coefficient (Wildman–Crippen LogP) is 3.34. The quantitative estimate of drug-likeness (QED) is 0.660. The monoisotopic (exact) mass is 257 g/mol. The molecule has 0 spiro atoms. The fraction of sp³-hybridized carbons (Fsp3) is 0.250.